The van der Waals surface area contributed by atoms with Crippen molar-refractivity contribution in [2.24, 2.45) is 0 Å². The van der Waals surface area contributed by atoms with Gasteiger partial charge in [-0.25, -0.2) is 0 Å². The first-order valence-corrected chi connectivity index (χ1v) is 9.94. The summed E-state index contributed by atoms with van der Waals surface area (Å²) in [4.78, 5) is 12.2. The van der Waals surface area contributed by atoms with E-state index in [1.807, 2.05) is 16.7 Å². The Bertz CT molecular complexity index is 973. The second-order valence-electron chi connectivity index (χ2n) is 6.47. The van der Waals surface area contributed by atoms with Crippen LogP contribution in [-0.4, -0.2) is 26.4 Å². The summed E-state index contributed by atoms with van der Waals surface area (Å²) in [6, 6.07) is 12.8. The van der Waals surface area contributed by atoms with Crippen LogP contribution in [0.2, 0.25) is 0 Å². The van der Waals surface area contributed by atoms with Gasteiger partial charge in [-0.15, -0.1) is 10.2 Å². The molecule has 0 fully saturated rings. The Hall–Kier alpha value is -3.05. The number of anilines is 1. The summed E-state index contributed by atoms with van der Waals surface area (Å²) < 4.78 is 7.48. The van der Waals surface area contributed by atoms with E-state index in [1.165, 1.54) is 11.8 Å². The van der Waals surface area contributed by atoms with Crippen LogP contribution < -0.4 is 5.32 Å². The normalized spacial score (nSPS) is 10.8. The SMILES string of the molecule is CC(C)c1nnc(SCCC(=O)Nc2ccccc2C#N)n1Cc1ccco1. The summed E-state index contributed by atoms with van der Waals surface area (Å²) in [5.74, 6) is 2.34. The number of nitrogens with zero attached hydrogens (tertiary/aromatic N) is 4. The lowest BCUT2D eigenvalue weighted by atomic mass is 10.2. The van der Waals surface area contributed by atoms with E-state index < -0.39 is 0 Å². The highest BCUT2D eigenvalue weighted by Gasteiger charge is 2.17. The highest BCUT2D eigenvalue weighted by atomic mass is 32.2. The lowest BCUT2D eigenvalue weighted by Gasteiger charge is -2.10. The van der Waals surface area contributed by atoms with Gasteiger partial charge in [-0.1, -0.05) is 37.7 Å². The second-order valence-corrected chi connectivity index (χ2v) is 7.53. The summed E-state index contributed by atoms with van der Waals surface area (Å²) >= 11 is 1.48. The minimum atomic E-state index is -0.142. The van der Waals surface area contributed by atoms with Gasteiger partial charge in [0.2, 0.25) is 5.91 Å². The number of para-hydroxylation sites is 1. The number of hydrogen-bond donors (Lipinski definition) is 1. The summed E-state index contributed by atoms with van der Waals surface area (Å²) in [6.45, 7) is 4.69. The molecule has 3 rings (SSSR count). The van der Waals surface area contributed by atoms with Crippen molar-refractivity contribution >= 4 is 23.4 Å². The van der Waals surface area contributed by atoms with Crippen LogP contribution in [0.3, 0.4) is 0 Å². The van der Waals surface area contributed by atoms with E-state index in [9.17, 15) is 4.79 Å². The zero-order valence-corrected chi connectivity index (χ0v) is 16.6. The Labute approximate surface area is 167 Å². The van der Waals surface area contributed by atoms with E-state index in [0.717, 1.165) is 16.7 Å². The first-order valence-electron chi connectivity index (χ1n) is 8.95. The van der Waals surface area contributed by atoms with Gasteiger partial charge in [0.05, 0.1) is 24.1 Å². The van der Waals surface area contributed by atoms with Crippen LogP contribution in [0.5, 0.6) is 0 Å². The van der Waals surface area contributed by atoms with Gasteiger partial charge in [0.25, 0.3) is 0 Å². The molecular formula is C20H21N5O2S. The zero-order chi connectivity index (χ0) is 19.9. The molecular weight excluding hydrogens is 374 g/mol. The Morgan fingerprint density at radius 1 is 1.29 bits per heavy atom. The quantitative estimate of drug-likeness (QED) is 0.578. The molecule has 1 amide bonds. The molecule has 144 valence electrons. The summed E-state index contributed by atoms with van der Waals surface area (Å²) in [5, 5.41) is 21.2. The van der Waals surface area contributed by atoms with Crippen LogP contribution in [-0.2, 0) is 11.3 Å². The van der Waals surface area contributed by atoms with Crippen LogP contribution in [0.15, 0.2) is 52.2 Å². The summed E-state index contributed by atoms with van der Waals surface area (Å²) in [6.07, 6.45) is 1.94. The van der Waals surface area contributed by atoms with Crippen LogP contribution in [0.1, 0.15) is 43.3 Å². The molecule has 3 aromatic rings. The number of carbonyl (C=O) groups excluding carboxylic acids is 1. The predicted octanol–water partition coefficient (Wildman–Crippen LogP) is 4.04. The molecule has 7 nitrogen and oxygen atoms in total. The van der Waals surface area contributed by atoms with Crippen molar-refractivity contribution < 1.29 is 9.21 Å². The maximum atomic E-state index is 12.2. The third-order valence-corrected chi connectivity index (χ3v) is 5.01. The number of nitrogens with one attached hydrogen (secondary N) is 1. The number of thioether (sulfide) groups is 1. The predicted molar refractivity (Wildman–Crippen MR) is 107 cm³/mol. The summed E-state index contributed by atoms with van der Waals surface area (Å²) in [5.41, 5.74) is 0.978. The Balaban J connectivity index is 1.61. The van der Waals surface area contributed by atoms with Gasteiger partial charge < -0.3 is 9.73 Å². The van der Waals surface area contributed by atoms with Crippen molar-refractivity contribution in [1.82, 2.24) is 14.8 Å². The van der Waals surface area contributed by atoms with E-state index >= 15 is 0 Å². The number of amides is 1. The monoisotopic (exact) mass is 395 g/mol. The average molecular weight is 395 g/mol. The number of carbonyl (C=O) groups is 1. The van der Waals surface area contributed by atoms with Crippen LogP contribution in [0.4, 0.5) is 5.69 Å². The topological polar surface area (TPSA) is 96.7 Å². The highest BCUT2D eigenvalue weighted by molar-refractivity contribution is 7.99. The zero-order valence-electron chi connectivity index (χ0n) is 15.8. The molecule has 0 aliphatic heterocycles. The number of nitriles is 1. The highest BCUT2D eigenvalue weighted by Crippen LogP contribution is 2.23. The van der Waals surface area contributed by atoms with Crippen molar-refractivity contribution in [2.75, 3.05) is 11.1 Å². The maximum absolute atomic E-state index is 12.2. The van der Waals surface area contributed by atoms with E-state index in [4.69, 9.17) is 9.68 Å². The Kier molecular flexibility index (Phi) is 6.50. The molecule has 0 aliphatic carbocycles. The smallest absolute Gasteiger partial charge is 0.225 e. The largest absolute Gasteiger partial charge is 0.467 e. The molecule has 0 atom stereocenters. The van der Waals surface area contributed by atoms with E-state index in [0.29, 0.717) is 30.0 Å². The Morgan fingerprint density at radius 2 is 2.11 bits per heavy atom. The first-order chi connectivity index (χ1) is 13.6. The summed E-state index contributed by atoms with van der Waals surface area (Å²) in [7, 11) is 0. The molecule has 8 heteroatoms. The lowest BCUT2D eigenvalue weighted by molar-refractivity contribution is -0.115. The third-order valence-electron chi connectivity index (χ3n) is 4.04. The first kappa shape index (κ1) is 19.7. The fourth-order valence-electron chi connectivity index (χ4n) is 2.68. The van der Waals surface area contributed by atoms with E-state index in [2.05, 4.69) is 35.4 Å². The van der Waals surface area contributed by atoms with Gasteiger partial charge >= 0.3 is 0 Å². The number of hydrogen-bond acceptors (Lipinski definition) is 6. The Morgan fingerprint density at radius 3 is 2.82 bits per heavy atom. The van der Waals surface area contributed by atoms with Gasteiger partial charge in [-0.05, 0) is 24.3 Å². The number of aromatic nitrogens is 3. The molecule has 28 heavy (non-hydrogen) atoms. The van der Waals surface area contributed by atoms with Gasteiger partial charge in [-0.2, -0.15) is 5.26 Å². The van der Waals surface area contributed by atoms with Gasteiger partial charge in [0.15, 0.2) is 5.16 Å². The van der Waals surface area contributed by atoms with Gasteiger partial charge in [0, 0.05) is 18.1 Å². The van der Waals surface area contributed by atoms with Crippen LogP contribution in [0.25, 0.3) is 0 Å². The molecule has 2 heterocycles. The minimum absolute atomic E-state index is 0.142. The maximum Gasteiger partial charge on any atom is 0.225 e. The molecule has 2 aromatic heterocycles. The molecule has 0 saturated heterocycles. The standard InChI is InChI=1S/C20H21N5O2S/c1-14(2)19-23-24-20(25(19)13-16-7-5-10-27-16)28-11-9-18(26)22-17-8-4-3-6-15(17)12-21/h3-8,10,14H,9,11,13H2,1-2H3,(H,22,26). The number of rotatable bonds is 8. The van der Waals surface area contributed by atoms with Crippen molar-refractivity contribution in [3.63, 3.8) is 0 Å². The second kappa shape index (κ2) is 9.24. The average Bonchev–Trinajstić information content (AvgIpc) is 3.33. The van der Waals surface area contributed by atoms with Crippen molar-refractivity contribution in [3.8, 4) is 6.07 Å². The van der Waals surface area contributed by atoms with E-state index in [1.54, 1.807) is 30.5 Å². The van der Waals surface area contributed by atoms with Crippen molar-refractivity contribution in [3.05, 3.63) is 59.8 Å². The molecule has 1 N–H and O–H groups in total. The lowest BCUT2D eigenvalue weighted by Crippen LogP contribution is -2.13. The molecule has 0 saturated carbocycles. The molecule has 0 spiro atoms. The molecule has 1 aromatic carbocycles. The molecule has 0 radical (unpaired) electrons. The van der Waals surface area contributed by atoms with Crippen molar-refractivity contribution in [1.29, 1.82) is 5.26 Å². The van der Waals surface area contributed by atoms with Crippen LogP contribution in [0, 0.1) is 11.3 Å². The van der Waals surface area contributed by atoms with Gasteiger partial charge in [-0.3, -0.25) is 9.36 Å². The molecule has 0 unspecified atom stereocenters. The third kappa shape index (κ3) is 4.81. The molecule has 0 aliphatic rings. The fourth-order valence-corrected chi connectivity index (χ4v) is 3.56. The van der Waals surface area contributed by atoms with Crippen molar-refractivity contribution in [2.45, 2.75) is 37.9 Å². The van der Waals surface area contributed by atoms with Gasteiger partial charge in [0.1, 0.15) is 17.7 Å². The number of furan rings is 1. The fraction of sp³-hybridized carbons (Fsp3) is 0.300. The van der Waals surface area contributed by atoms with E-state index in [-0.39, 0.29) is 11.8 Å². The van der Waals surface area contributed by atoms with Crippen LogP contribution >= 0.6 is 11.8 Å². The molecule has 0 bridgehead atoms. The minimum Gasteiger partial charge on any atom is -0.467 e. The number of benzene rings is 1.